The van der Waals surface area contributed by atoms with Crippen LogP contribution in [0.25, 0.3) is 11.2 Å². The average Bonchev–Trinajstić information content (AvgIpc) is 3.84. The molecule has 17 heteroatoms. The number of aliphatic hydroxyl groups excluding tert-OH is 2. The van der Waals surface area contributed by atoms with E-state index in [0.717, 1.165) is 0 Å². The Hall–Kier alpha value is -3.51. The van der Waals surface area contributed by atoms with Gasteiger partial charge in [0.25, 0.3) is 0 Å². The molecule has 2 aliphatic heterocycles. The summed E-state index contributed by atoms with van der Waals surface area (Å²) in [6.45, 7) is 15.9. The Morgan fingerprint density at radius 1 is 1.05 bits per heavy atom. The van der Waals surface area contributed by atoms with Gasteiger partial charge in [0.2, 0.25) is 5.91 Å². The fourth-order valence-corrected chi connectivity index (χ4v) is 13.2. The lowest BCUT2D eigenvalue weighted by atomic mass is 9.42. The van der Waals surface area contributed by atoms with Crippen LogP contribution in [0.1, 0.15) is 79.6 Å². The fourth-order valence-electron chi connectivity index (χ4n) is 11.6. The van der Waals surface area contributed by atoms with Crippen LogP contribution < -0.4 is 10.6 Å². The van der Waals surface area contributed by atoms with Gasteiger partial charge in [-0.05, 0) is 57.3 Å². The van der Waals surface area contributed by atoms with Crippen molar-refractivity contribution in [2.24, 2.45) is 33.8 Å². The number of aryl methyl sites for hydroxylation is 1. The summed E-state index contributed by atoms with van der Waals surface area (Å²) in [5.41, 5.74) is 2.88. The summed E-state index contributed by atoms with van der Waals surface area (Å²) >= 11 is 0. The molecule has 57 heavy (non-hydrogen) atoms. The van der Waals surface area contributed by atoms with Gasteiger partial charge in [0.1, 0.15) is 23.4 Å². The summed E-state index contributed by atoms with van der Waals surface area (Å²) in [7, 11) is -3.40. The van der Waals surface area contributed by atoms with E-state index in [1.165, 1.54) is 12.6 Å². The van der Waals surface area contributed by atoms with Crippen LogP contribution in [0.5, 0.6) is 0 Å². The number of esters is 1. The minimum atomic E-state index is -3.40. The van der Waals surface area contributed by atoms with Crippen molar-refractivity contribution >= 4 is 44.5 Å². The summed E-state index contributed by atoms with van der Waals surface area (Å²) < 4.78 is 33.0. The molecule has 10 atom stereocenters. The van der Waals surface area contributed by atoms with E-state index in [1.807, 2.05) is 32.6 Å². The Labute approximate surface area is 335 Å². The number of hydrogen-bond donors (Lipinski definition) is 3. The van der Waals surface area contributed by atoms with E-state index < -0.39 is 66.7 Å². The number of Topliss-reactive ketones (excluding diaryl/α,β-unsaturated/α-hetero) is 1. The van der Waals surface area contributed by atoms with Gasteiger partial charge in [0, 0.05) is 75.1 Å². The molecule has 0 spiro atoms. The quantitative estimate of drug-likeness (QED) is 0.243. The molecule has 4 N–H and O–H groups in total. The molecule has 3 saturated carbocycles. The molecule has 2 aromatic rings. The molecular formula is C40H60N8O8S. The van der Waals surface area contributed by atoms with E-state index in [9.17, 15) is 33.0 Å². The second-order valence-corrected chi connectivity index (χ2v) is 20.7. The van der Waals surface area contributed by atoms with E-state index in [2.05, 4.69) is 21.5 Å². The second-order valence-electron chi connectivity index (χ2n) is 18.5. The number of rotatable bonds is 9. The number of ether oxygens (including phenoxy) is 1. The van der Waals surface area contributed by atoms with E-state index in [4.69, 9.17) is 10.5 Å². The number of hydrogen-bond acceptors (Lipinski definition) is 14. The van der Waals surface area contributed by atoms with Crippen molar-refractivity contribution in [2.75, 3.05) is 50.4 Å². The standard InChI is InChI=1S/C40H60N8O8S/c1-8-36(3)21-27(50)38(5)32-26(49)9-12-40(32,25(2)33(36)53)14-13-37(38,4)56-30(52)22-45-17-19-46(20-18-45)29(51)11-15-47-24-44-31-34(47)42-23-43-35(31)48-16-10-28(39(48,6)41)57(7,54)55/h8,23-25,27-28,32-33,50,53H,1,9-22,41H2,2-7H3. The van der Waals surface area contributed by atoms with Gasteiger partial charge in [0.15, 0.2) is 26.8 Å². The largest absolute Gasteiger partial charge is 0.458 e. The van der Waals surface area contributed by atoms with Crippen LogP contribution in [0.15, 0.2) is 25.3 Å². The van der Waals surface area contributed by atoms with Gasteiger partial charge in [-0.2, -0.15) is 0 Å². The topological polar surface area (TPSA) is 214 Å². The summed E-state index contributed by atoms with van der Waals surface area (Å²) in [6, 6.07) is 0. The summed E-state index contributed by atoms with van der Waals surface area (Å²) in [5, 5.41) is 22.9. The highest BCUT2D eigenvalue weighted by Gasteiger charge is 2.72. The Balaban J connectivity index is 0.966. The van der Waals surface area contributed by atoms with Crippen molar-refractivity contribution < 1.29 is 37.8 Å². The van der Waals surface area contributed by atoms with Crippen LogP contribution in [0.3, 0.4) is 0 Å². The zero-order valence-electron chi connectivity index (χ0n) is 34.2. The van der Waals surface area contributed by atoms with Crippen LogP contribution >= 0.6 is 0 Å². The third-order valence-electron chi connectivity index (χ3n) is 15.4. The lowest BCUT2D eigenvalue weighted by Crippen LogP contribution is -2.69. The first-order valence-corrected chi connectivity index (χ1v) is 22.2. The number of fused-ring (bicyclic) bond motifs is 1. The number of nitrogens with two attached hydrogens (primary N) is 1. The number of ketones is 1. The molecule has 1 amide bonds. The van der Waals surface area contributed by atoms with E-state index in [-0.39, 0.29) is 37.0 Å². The maximum absolute atomic E-state index is 13.8. The number of imidazole rings is 1. The van der Waals surface area contributed by atoms with Crippen molar-refractivity contribution in [3.05, 3.63) is 25.3 Å². The van der Waals surface area contributed by atoms with Crippen molar-refractivity contribution in [1.82, 2.24) is 29.3 Å². The molecule has 2 saturated heterocycles. The molecule has 0 aromatic carbocycles. The third-order valence-corrected chi connectivity index (χ3v) is 17.1. The normalized spacial score (nSPS) is 38.8. The number of anilines is 1. The van der Waals surface area contributed by atoms with Gasteiger partial charge in [-0.25, -0.2) is 23.4 Å². The van der Waals surface area contributed by atoms with Crippen LogP contribution in [-0.2, 0) is 35.5 Å². The molecule has 10 unspecified atom stereocenters. The molecule has 7 rings (SSSR count). The number of sulfone groups is 1. The molecule has 3 aliphatic carbocycles. The number of aromatic nitrogens is 4. The first kappa shape index (κ1) is 41.6. The predicted molar refractivity (Wildman–Crippen MR) is 212 cm³/mol. The number of carbonyl (C=O) groups is 3. The van der Waals surface area contributed by atoms with Gasteiger partial charge in [-0.1, -0.05) is 26.8 Å². The first-order chi connectivity index (χ1) is 26.6. The molecule has 4 heterocycles. The third kappa shape index (κ3) is 6.59. The number of amides is 1. The zero-order valence-corrected chi connectivity index (χ0v) is 35.0. The highest BCUT2D eigenvalue weighted by molar-refractivity contribution is 7.91. The molecular weight excluding hydrogens is 753 g/mol. The maximum Gasteiger partial charge on any atom is 0.320 e. The molecule has 5 aliphatic rings. The van der Waals surface area contributed by atoms with Crippen molar-refractivity contribution in [1.29, 1.82) is 0 Å². The fraction of sp³-hybridized carbons (Fsp3) is 0.750. The molecule has 16 nitrogen and oxygen atoms in total. The summed E-state index contributed by atoms with van der Waals surface area (Å²) in [4.78, 5) is 59.8. The van der Waals surface area contributed by atoms with Crippen molar-refractivity contribution in [3.63, 3.8) is 0 Å². The van der Waals surface area contributed by atoms with Crippen LogP contribution in [-0.4, -0.2) is 140 Å². The van der Waals surface area contributed by atoms with Crippen molar-refractivity contribution in [3.8, 4) is 0 Å². The Morgan fingerprint density at radius 3 is 2.40 bits per heavy atom. The van der Waals surface area contributed by atoms with Gasteiger partial charge >= 0.3 is 5.97 Å². The molecule has 2 aromatic heterocycles. The first-order valence-electron chi connectivity index (χ1n) is 20.3. The molecule has 2 bridgehead atoms. The van der Waals surface area contributed by atoms with Gasteiger partial charge in [-0.15, -0.1) is 6.58 Å². The number of carbonyl (C=O) groups excluding carboxylic acids is 3. The number of nitrogens with zero attached hydrogens (tertiary/aromatic N) is 7. The van der Waals surface area contributed by atoms with Crippen molar-refractivity contribution in [2.45, 2.75) is 115 Å². The highest BCUT2D eigenvalue weighted by atomic mass is 32.2. The maximum atomic E-state index is 13.8. The summed E-state index contributed by atoms with van der Waals surface area (Å²) in [6.07, 6.45) is 6.92. The highest BCUT2D eigenvalue weighted by Crippen LogP contribution is 2.69. The SMILES string of the molecule is C=CC1(C)CC(O)C2(C)C3C(=O)CCC3(CCC2(C)OC(=O)CN2CCN(C(=O)CCn3cnc4c(N5CCC(S(C)(=O)=O)C5(C)N)ncnc43)CC2)C(C)C1O. The summed E-state index contributed by atoms with van der Waals surface area (Å²) in [5.74, 6) is -0.745. The van der Waals surface area contributed by atoms with Crippen LogP contribution in [0.4, 0.5) is 5.82 Å². The lowest BCUT2D eigenvalue weighted by Gasteiger charge is -2.64. The van der Waals surface area contributed by atoms with Crippen LogP contribution in [0, 0.1) is 28.1 Å². The van der Waals surface area contributed by atoms with Gasteiger partial charge in [0.05, 0.1) is 30.3 Å². The minimum Gasteiger partial charge on any atom is -0.458 e. The monoisotopic (exact) mass is 812 g/mol. The lowest BCUT2D eigenvalue weighted by molar-refractivity contribution is -0.252. The second kappa shape index (κ2) is 14.3. The number of piperazine rings is 1. The van der Waals surface area contributed by atoms with Gasteiger partial charge in [-0.3, -0.25) is 19.3 Å². The zero-order chi connectivity index (χ0) is 41.5. The smallest absolute Gasteiger partial charge is 0.320 e. The van der Waals surface area contributed by atoms with Crippen LogP contribution in [0.2, 0.25) is 0 Å². The molecule has 0 radical (unpaired) electrons. The number of aliphatic hydroxyl groups is 2. The predicted octanol–water partition coefficient (Wildman–Crippen LogP) is 1.68. The van der Waals surface area contributed by atoms with E-state index in [0.29, 0.717) is 88.4 Å². The average molecular weight is 813 g/mol. The molecule has 314 valence electrons. The van der Waals surface area contributed by atoms with E-state index in [1.54, 1.807) is 33.7 Å². The Morgan fingerprint density at radius 2 is 1.75 bits per heavy atom. The van der Waals surface area contributed by atoms with E-state index >= 15 is 0 Å². The minimum absolute atomic E-state index is 0.0138. The molecule has 5 fully saturated rings. The Bertz CT molecular complexity index is 2050. The van der Waals surface area contributed by atoms with Gasteiger partial charge < -0.3 is 35.1 Å². The Kier molecular flexibility index (Phi) is 10.5.